The van der Waals surface area contributed by atoms with Gasteiger partial charge in [0.05, 0.1) is 4.88 Å². The van der Waals surface area contributed by atoms with Gasteiger partial charge in [0.1, 0.15) is 0 Å². The van der Waals surface area contributed by atoms with Crippen molar-refractivity contribution in [3.05, 3.63) is 21.9 Å². The second-order valence-electron chi connectivity index (χ2n) is 3.13. The lowest BCUT2D eigenvalue weighted by molar-refractivity contribution is 0.821. The van der Waals surface area contributed by atoms with E-state index >= 15 is 0 Å². The molecule has 0 radical (unpaired) electrons. The normalized spacial score (nSPS) is 12.2. The number of hydrogen-bond acceptors (Lipinski definition) is 3. The van der Waals surface area contributed by atoms with Crippen LogP contribution in [0.2, 0.25) is 0 Å². The van der Waals surface area contributed by atoms with E-state index in [0.29, 0.717) is 0 Å². The molecular weight excluding hydrogens is 182 g/mol. The van der Waals surface area contributed by atoms with Crippen LogP contribution in [0.15, 0.2) is 17.1 Å². The molecule has 3 N–H and O–H groups in total. The van der Waals surface area contributed by atoms with Crippen molar-refractivity contribution >= 4 is 17.2 Å². The van der Waals surface area contributed by atoms with Gasteiger partial charge in [-0.15, -0.1) is 11.3 Å². The summed E-state index contributed by atoms with van der Waals surface area (Å²) in [6.07, 6.45) is 0. The van der Waals surface area contributed by atoms with Crippen molar-refractivity contribution in [1.82, 2.24) is 5.43 Å². The summed E-state index contributed by atoms with van der Waals surface area (Å²) >= 11 is 1.69. The smallest absolute Gasteiger partial charge is 0.153 e. The van der Waals surface area contributed by atoms with Crippen molar-refractivity contribution < 1.29 is 0 Å². The number of aliphatic imine (C=N–C) groups is 1. The quantitative estimate of drug-likeness (QED) is 0.328. The fourth-order valence-corrected chi connectivity index (χ4v) is 1.82. The van der Waals surface area contributed by atoms with E-state index in [1.807, 2.05) is 19.9 Å². The van der Waals surface area contributed by atoms with Gasteiger partial charge in [-0.2, -0.15) is 0 Å². The van der Waals surface area contributed by atoms with Crippen molar-refractivity contribution in [1.29, 1.82) is 0 Å². The third kappa shape index (κ3) is 2.82. The predicted molar refractivity (Wildman–Crippen MR) is 58.1 cm³/mol. The number of rotatable bonds is 2. The highest BCUT2D eigenvalue weighted by molar-refractivity contribution is 7.14. The fourth-order valence-electron chi connectivity index (χ4n) is 0.992. The van der Waals surface area contributed by atoms with Crippen LogP contribution in [0.3, 0.4) is 0 Å². The maximum absolute atomic E-state index is 5.39. The Bertz CT molecular complexity index is 302. The first-order chi connectivity index (χ1) is 6.13. The molecule has 3 nitrogen and oxygen atoms in total. The Balaban J connectivity index is 2.90. The van der Waals surface area contributed by atoms with Gasteiger partial charge in [-0.1, -0.05) is 0 Å². The molecule has 4 heteroatoms. The summed E-state index contributed by atoms with van der Waals surface area (Å²) in [6, 6.07) is 4.35. The number of thiophene rings is 1. The molecule has 0 aliphatic rings. The van der Waals surface area contributed by atoms with Gasteiger partial charge >= 0.3 is 0 Å². The van der Waals surface area contributed by atoms with Crippen LogP contribution < -0.4 is 11.3 Å². The zero-order chi connectivity index (χ0) is 9.84. The minimum absolute atomic E-state index is 0.258. The second kappa shape index (κ2) is 4.39. The number of hydrazine groups is 1. The molecule has 13 heavy (non-hydrogen) atoms. The molecule has 0 aliphatic carbocycles. The minimum Gasteiger partial charge on any atom is -0.308 e. The first kappa shape index (κ1) is 10.2. The van der Waals surface area contributed by atoms with E-state index in [2.05, 4.69) is 23.4 Å². The number of aryl methyl sites for hydroxylation is 1. The predicted octanol–water partition coefficient (Wildman–Crippen LogP) is 1.67. The van der Waals surface area contributed by atoms with E-state index in [0.717, 1.165) is 10.7 Å². The van der Waals surface area contributed by atoms with Crippen LogP contribution in [-0.2, 0) is 0 Å². The van der Waals surface area contributed by atoms with Gasteiger partial charge < -0.3 is 5.43 Å². The maximum Gasteiger partial charge on any atom is 0.153 e. The zero-order valence-electron chi connectivity index (χ0n) is 8.16. The van der Waals surface area contributed by atoms with E-state index in [1.165, 1.54) is 4.88 Å². The Kier molecular flexibility index (Phi) is 3.45. The summed E-state index contributed by atoms with van der Waals surface area (Å²) in [5.74, 6) is 6.16. The summed E-state index contributed by atoms with van der Waals surface area (Å²) in [6.45, 7) is 6.12. The van der Waals surface area contributed by atoms with Crippen LogP contribution >= 0.6 is 11.3 Å². The molecule has 0 saturated heterocycles. The van der Waals surface area contributed by atoms with Crippen LogP contribution in [0.1, 0.15) is 23.6 Å². The van der Waals surface area contributed by atoms with E-state index in [-0.39, 0.29) is 6.04 Å². The molecular formula is C9H15N3S. The molecule has 0 atom stereocenters. The van der Waals surface area contributed by atoms with Gasteiger partial charge in [-0.3, -0.25) is 4.99 Å². The highest BCUT2D eigenvalue weighted by atomic mass is 32.1. The van der Waals surface area contributed by atoms with Crippen molar-refractivity contribution in [3.8, 4) is 0 Å². The van der Waals surface area contributed by atoms with Gasteiger partial charge in [0, 0.05) is 10.9 Å². The number of nitrogens with zero attached hydrogens (tertiary/aromatic N) is 1. The van der Waals surface area contributed by atoms with Gasteiger partial charge in [-0.05, 0) is 32.9 Å². The van der Waals surface area contributed by atoms with E-state index < -0.39 is 0 Å². The number of hydrogen-bond donors (Lipinski definition) is 2. The van der Waals surface area contributed by atoms with Gasteiger partial charge in [0.2, 0.25) is 0 Å². The molecule has 0 amide bonds. The first-order valence-corrected chi connectivity index (χ1v) is 5.06. The molecule has 1 aromatic rings. The third-order valence-corrected chi connectivity index (χ3v) is 2.51. The lowest BCUT2D eigenvalue weighted by atomic mass is 10.4. The van der Waals surface area contributed by atoms with Crippen LogP contribution in [0.4, 0.5) is 0 Å². The Morgan fingerprint density at radius 1 is 1.54 bits per heavy atom. The zero-order valence-corrected chi connectivity index (χ0v) is 8.98. The Labute approximate surface area is 82.7 Å². The summed E-state index contributed by atoms with van der Waals surface area (Å²) in [4.78, 5) is 6.73. The van der Waals surface area contributed by atoms with Crippen LogP contribution in [0, 0.1) is 6.92 Å². The topological polar surface area (TPSA) is 50.4 Å². The second-order valence-corrected chi connectivity index (χ2v) is 4.41. The van der Waals surface area contributed by atoms with E-state index in [4.69, 9.17) is 5.84 Å². The third-order valence-electron chi connectivity index (χ3n) is 1.50. The minimum atomic E-state index is 0.258. The Morgan fingerprint density at radius 2 is 2.23 bits per heavy atom. The highest BCUT2D eigenvalue weighted by Crippen LogP contribution is 2.15. The van der Waals surface area contributed by atoms with Crippen molar-refractivity contribution in [2.75, 3.05) is 0 Å². The Morgan fingerprint density at radius 3 is 2.62 bits per heavy atom. The molecule has 0 bridgehead atoms. The maximum atomic E-state index is 5.39. The van der Waals surface area contributed by atoms with Crippen LogP contribution in [0.5, 0.6) is 0 Å². The van der Waals surface area contributed by atoms with Gasteiger partial charge in [0.15, 0.2) is 5.84 Å². The van der Waals surface area contributed by atoms with E-state index in [1.54, 1.807) is 11.3 Å². The molecule has 0 unspecified atom stereocenters. The molecule has 0 spiro atoms. The lowest BCUT2D eigenvalue weighted by Crippen LogP contribution is -2.31. The Hall–Kier alpha value is -0.870. The van der Waals surface area contributed by atoms with Crippen molar-refractivity contribution in [2.24, 2.45) is 10.8 Å². The lowest BCUT2D eigenvalue weighted by Gasteiger charge is -2.04. The molecule has 1 aromatic heterocycles. The molecule has 0 aliphatic heterocycles. The standard InChI is InChI=1S/C9H15N3S/c1-6(2)11-9(12-10)8-5-4-7(3)13-8/h4-6H,10H2,1-3H3,(H,11,12). The first-order valence-electron chi connectivity index (χ1n) is 4.24. The van der Waals surface area contributed by atoms with Gasteiger partial charge in [0.25, 0.3) is 0 Å². The van der Waals surface area contributed by atoms with Crippen LogP contribution in [0.25, 0.3) is 0 Å². The van der Waals surface area contributed by atoms with Crippen molar-refractivity contribution in [2.45, 2.75) is 26.8 Å². The van der Waals surface area contributed by atoms with Crippen LogP contribution in [-0.4, -0.2) is 11.9 Å². The number of amidine groups is 1. The monoisotopic (exact) mass is 197 g/mol. The molecule has 1 rings (SSSR count). The largest absolute Gasteiger partial charge is 0.308 e. The molecule has 72 valence electrons. The number of nitrogens with one attached hydrogen (secondary N) is 1. The fraction of sp³-hybridized carbons (Fsp3) is 0.444. The van der Waals surface area contributed by atoms with Gasteiger partial charge in [-0.25, -0.2) is 5.84 Å². The summed E-state index contributed by atoms with van der Waals surface area (Å²) < 4.78 is 0. The summed E-state index contributed by atoms with van der Waals surface area (Å²) in [5.41, 5.74) is 2.62. The summed E-state index contributed by atoms with van der Waals surface area (Å²) in [7, 11) is 0. The SMILES string of the molecule is Cc1ccc(C(=NC(C)C)NN)s1. The average molecular weight is 197 g/mol. The average Bonchev–Trinajstić information content (AvgIpc) is 2.47. The molecule has 0 fully saturated rings. The van der Waals surface area contributed by atoms with E-state index in [9.17, 15) is 0 Å². The number of nitrogens with two attached hydrogens (primary N) is 1. The molecule has 0 saturated carbocycles. The highest BCUT2D eigenvalue weighted by Gasteiger charge is 2.04. The van der Waals surface area contributed by atoms with Crippen molar-refractivity contribution in [3.63, 3.8) is 0 Å². The summed E-state index contributed by atoms with van der Waals surface area (Å²) in [5, 5.41) is 0. The molecule has 1 heterocycles. The molecule has 0 aromatic carbocycles.